The van der Waals surface area contributed by atoms with Crippen LogP contribution in [-0.2, 0) is 11.3 Å². The van der Waals surface area contributed by atoms with Gasteiger partial charge in [0.25, 0.3) is 0 Å². The Morgan fingerprint density at radius 2 is 2.32 bits per heavy atom. The molecule has 1 fully saturated rings. The Labute approximate surface area is 143 Å². The molecule has 0 saturated carbocycles. The standard InChI is InChI=1S/C14H15ClFN3OS.ClH/c15-11-5-9(1-2-12(11)16)13-8-19(3-4-20-13)7-10-6-18-14(17)21-10;/h1-2,5-6,13H,3-4,7-8H2,(H2,17,18);1H. The first-order chi connectivity index (χ1) is 10.1. The predicted molar refractivity (Wildman–Crippen MR) is 89.2 cm³/mol. The summed E-state index contributed by atoms with van der Waals surface area (Å²) in [5.74, 6) is -0.409. The number of thiazole rings is 1. The third-order valence-corrected chi connectivity index (χ3v) is 4.52. The number of nitrogens with two attached hydrogens (primary N) is 1. The van der Waals surface area contributed by atoms with Gasteiger partial charge >= 0.3 is 0 Å². The van der Waals surface area contributed by atoms with Crippen LogP contribution in [0.4, 0.5) is 9.52 Å². The number of halogens is 3. The van der Waals surface area contributed by atoms with Crippen molar-refractivity contribution in [1.82, 2.24) is 9.88 Å². The smallest absolute Gasteiger partial charge is 0.180 e. The highest BCUT2D eigenvalue weighted by Gasteiger charge is 2.23. The summed E-state index contributed by atoms with van der Waals surface area (Å²) in [7, 11) is 0. The second kappa shape index (κ2) is 7.57. The summed E-state index contributed by atoms with van der Waals surface area (Å²) in [6.07, 6.45) is 1.71. The number of aromatic nitrogens is 1. The maximum Gasteiger partial charge on any atom is 0.180 e. The summed E-state index contributed by atoms with van der Waals surface area (Å²) in [5, 5.41) is 0.712. The van der Waals surface area contributed by atoms with E-state index < -0.39 is 5.82 Å². The average molecular weight is 364 g/mol. The molecule has 1 aliphatic heterocycles. The van der Waals surface area contributed by atoms with E-state index in [0.29, 0.717) is 11.7 Å². The predicted octanol–water partition coefficient (Wildman–Crippen LogP) is 3.51. The quantitative estimate of drug-likeness (QED) is 0.906. The van der Waals surface area contributed by atoms with Crippen LogP contribution in [0.15, 0.2) is 24.4 Å². The van der Waals surface area contributed by atoms with E-state index in [4.69, 9.17) is 22.1 Å². The van der Waals surface area contributed by atoms with Crippen molar-refractivity contribution in [3.8, 4) is 0 Å². The summed E-state index contributed by atoms with van der Waals surface area (Å²) in [5.41, 5.74) is 6.54. The molecule has 0 aliphatic carbocycles. The van der Waals surface area contributed by atoms with Crippen LogP contribution < -0.4 is 5.73 Å². The van der Waals surface area contributed by atoms with Gasteiger partial charge in [-0.05, 0) is 17.7 Å². The van der Waals surface area contributed by atoms with Crippen LogP contribution in [0, 0.1) is 5.82 Å². The normalized spacial score (nSPS) is 18.9. The lowest BCUT2D eigenvalue weighted by molar-refractivity contribution is -0.0326. The SMILES string of the molecule is Cl.Nc1ncc(CN2CCOC(c3ccc(F)c(Cl)c3)C2)s1. The minimum Gasteiger partial charge on any atom is -0.375 e. The Kier molecular flexibility index (Phi) is 6.00. The Hall–Kier alpha value is -0.920. The molecule has 2 N–H and O–H groups in total. The molecule has 1 aromatic heterocycles. The van der Waals surface area contributed by atoms with E-state index in [-0.39, 0.29) is 23.5 Å². The fraction of sp³-hybridized carbons (Fsp3) is 0.357. The second-order valence-electron chi connectivity index (χ2n) is 4.93. The fourth-order valence-corrected chi connectivity index (χ4v) is 3.29. The minimum atomic E-state index is -0.409. The van der Waals surface area contributed by atoms with E-state index in [0.717, 1.165) is 30.1 Å². The molecule has 4 nitrogen and oxygen atoms in total. The summed E-state index contributed by atoms with van der Waals surface area (Å²) in [4.78, 5) is 7.47. The number of benzene rings is 1. The molecular formula is C14H16Cl2FN3OS. The molecule has 1 atom stereocenters. The highest BCUT2D eigenvalue weighted by molar-refractivity contribution is 7.15. The van der Waals surface area contributed by atoms with E-state index in [1.165, 1.54) is 17.4 Å². The Bertz CT molecular complexity index is 640. The molecule has 8 heteroatoms. The number of hydrogen-bond donors (Lipinski definition) is 1. The van der Waals surface area contributed by atoms with Gasteiger partial charge in [0, 0.05) is 30.7 Å². The largest absolute Gasteiger partial charge is 0.375 e. The highest BCUT2D eigenvalue weighted by Crippen LogP contribution is 2.27. The van der Waals surface area contributed by atoms with E-state index in [1.54, 1.807) is 18.3 Å². The van der Waals surface area contributed by atoms with Crippen molar-refractivity contribution in [2.75, 3.05) is 25.4 Å². The summed E-state index contributed by atoms with van der Waals surface area (Å²) in [6, 6.07) is 4.74. The third-order valence-electron chi connectivity index (χ3n) is 3.42. The Morgan fingerprint density at radius 1 is 1.50 bits per heavy atom. The lowest BCUT2D eigenvalue weighted by Crippen LogP contribution is -2.37. The Morgan fingerprint density at radius 3 is 3.00 bits per heavy atom. The summed E-state index contributed by atoms with van der Waals surface area (Å²) >= 11 is 7.33. The van der Waals surface area contributed by atoms with Crippen molar-refractivity contribution in [3.63, 3.8) is 0 Å². The van der Waals surface area contributed by atoms with Gasteiger partial charge in [-0.2, -0.15) is 0 Å². The number of hydrogen-bond acceptors (Lipinski definition) is 5. The van der Waals surface area contributed by atoms with Gasteiger partial charge in [0.2, 0.25) is 0 Å². The molecule has 3 rings (SSSR count). The van der Waals surface area contributed by atoms with E-state index in [2.05, 4.69) is 9.88 Å². The molecule has 0 bridgehead atoms. The van der Waals surface area contributed by atoms with Crippen molar-refractivity contribution in [2.24, 2.45) is 0 Å². The fourth-order valence-electron chi connectivity index (χ4n) is 2.38. The van der Waals surface area contributed by atoms with Gasteiger partial charge in [-0.25, -0.2) is 9.37 Å². The van der Waals surface area contributed by atoms with Crippen molar-refractivity contribution in [2.45, 2.75) is 12.6 Å². The van der Waals surface area contributed by atoms with Crippen LogP contribution in [-0.4, -0.2) is 29.6 Å². The maximum atomic E-state index is 13.2. The van der Waals surface area contributed by atoms with Crippen LogP contribution in [0.25, 0.3) is 0 Å². The van der Waals surface area contributed by atoms with Crippen molar-refractivity contribution < 1.29 is 9.13 Å². The highest BCUT2D eigenvalue weighted by atomic mass is 35.5. The van der Waals surface area contributed by atoms with Crippen LogP contribution in [0.1, 0.15) is 16.5 Å². The van der Waals surface area contributed by atoms with Gasteiger partial charge < -0.3 is 10.5 Å². The van der Waals surface area contributed by atoms with Crippen LogP contribution in [0.5, 0.6) is 0 Å². The van der Waals surface area contributed by atoms with Gasteiger partial charge in [-0.1, -0.05) is 17.7 Å². The van der Waals surface area contributed by atoms with E-state index in [1.807, 2.05) is 0 Å². The van der Waals surface area contributed by atoms with Crippen LogP contribution in [0.2, 0.25) is 5.02 Å². The first kappa shape index (κ1) is 17.4. The van der Waals surface area contributed by atoms with Crippen LogP contribution >= 0.6 is 35.3 Å². The van der Waals surface area contributed by atoms with Crippen molar-refractivity contribution in [1.29, 1.82) is 0 Å². The molecule has 22 heavy (non-hydrogen) atoms. The van der Waals surface area contributed by atoms with Gasteiger partial charge in [0.05, 0.1) is 17.7 Å². The summed E-state index contributed by atoms with van der Waals surface area (Å²) in [6.45, 7) is 3.01. The monoisotopic (exact) mass is 363 g/mol. The molecule has 0 radical (unpaired) electrons. The number of ether oxygens (including phenoxy) is 1. The maximum absolute atomic E-state index is 13.2. The summed E-state index contributed by atoms with van der Waals surface area (Å²) < 4.78 is 19.0. The van der Waals surface area contributed by atoms with Crippen molar-refractivity contribution >= 4 is 40.5 Å². The molecular weight excluding hydrogens is 348 g/mol. The lowest BCUT2D eigenvalue weighted by Gasteiger charge is -2.32. The zero-order valence-electron chi connectivity index (χ0n) is 11.7. The number of nitrogens with zero attached hydrogens (tertiary/aromatic N) is 2. The topological polar surface area (TPSA) is 51.4 Å². The zero-order valence-corrected chi connectivity index (χ0v) is 14.1. The second-order valence-corrected chi connectivity index (χ2v) is 6.49. The first-order valence-corrected chi connectivity index (χ1v) is 7.80. The molecule has 1 aliphatic rings. The molecule has 2 heterocycles. The Balaban J connectivity index is 0.00000176. The minimum absolute atomic E-state index is 0. The number of anilines is 1. The van der Waals surface area contributed by atoms with Gasteiger partial charge in [-0.15, -0.1) is 23.7 Å². The molecule has 1 saturated heterocycles. The van der Waals surface area contributed by atoms with Gasteiger partial charge in [0.15, 0.2) is 5.13 Å². The first-order valence-electron chi connectivity index (χ1n) is 6.61. The van der Waals surface area contributed by atoms with Gasteiger partial charge in [0.1, 0.15) is 5.82 Å². The van der Waals surface area contributed by atoms with Crippen molar-refractivity contribution in [3.05, 3.63) is 45.7 Å². The van der Waals surface area contributed by atoms with E-state index >= 15 is 0 Å². The number of nitrogen functional groups attached to an aromatic ring is 1. The van der Waals surface area contributed by atoms with E-state index in [9.17, 15) is 4.39 Å². The molecule has 1 aromatic carbocycles. The third kappa shape index (κ3) is 4.08. The van der Waals surface area contributed by atoms with Gasteiger partial charge in [-0.3, -0.25) is 4.90 Å². The molecule has 0 spiro atoms. The molecule has 1 unspecified atom stereocenters. The number of morpholine rings is 1. The average Bonchev–Trinajstić information content (AvgIpc) is 2.87. The molecule has 120 valence electrons. The molecule has 2 aromatic rings. The molecule has 0 amide bonds. The van der Waals surface area contributed by atoms with Crippen LogP contribution in [0.3, 0.4) is 0 Å². The zero-order chi connectivity index (χ0) is 14.8. The number of rotatable bonds is 3. The lowest BCUT2D eigenvalue weighted by atomic mass is 10.1.